The Morgan fingerprint density at radius 2 is 1.82 bits per heavy atom. The molecule has 0 aliphatic rings. The van der Waals surface area contributed by atoms with Gasteiger partial charge in [-0.3, -0.25) is 10.1 Å². The van der Waals surface area contributed by atoms with Gasteiger partial charge in [0.25, 0.3) is 5.69 Å². The molecule has 0 bridgehead atoms. The molecule has 0 spiro atoms. The summed E-state index contributed by atoms with van der Waals surface area (Å²) in [5, 5.41) is 10.7. The maximum absolute atomic E-state index is 12.2. The van der Waals surface area contributed by atoms with Crippen LogP contribution in [0.25, 0.3) is 0 Å². The Morgan fingerprint density at radius 1 is 1.14 bits per heavy atom. The molecular formula is C15H15NO5S. The summed E-state index contributed by atoms with van der Waals surface area (Å²) >= 11 is 0. The van der Waals surface area contributed by atoms with E-state index in [2.05, 4.69) is 0 Å². The molecule has 0 aliphatic carbocycles. The van der Waals surface area contributed by atoms with Crippen molar-refractivity contribution in [3.05, 3.63) is 64.2 Å². The third-order valence-electron chi connectivity index (χ3n) is 2.99. The highest BCUT2D eigenvalue weighted by molar-refractivity contribution is 7.87. The van der Waals surface area contributed by atoms with Gasteiger partial charge in [-0.05, 0) is 30.2 Å². The van der Waals surface area contributed by atoms with Crippen molar-refractivity contribution in [2.75, 3.05) is 0 Å². The highest BCUT2D eigenvalue weighted by Gasteiger charge is 2.18. The second kappa shape index (κ2) is 6.57. The maximum atomic E-state index is 12.2. The Bertz CT molecular complexity index is 769. The van der Waals surface area contributed by atoms with Crippen LogP contribution in [0.5, 0.6) is 5.75 Å². The molecule has 116 valence electrons. The smallest absolute Gasteiger partial charge is 0.339 e. The van der Waals surface area contributed by atoms with Gasteiger partial charge in [0, 0.05) is 6.07 Å². The van der Waals surface area contributed by atoms with E-state index in [9.17, 15) is 18.5 Å². The van der Waals surface area contributed by atoms with Crippen molar-refractivity contribution in [1.29, 1.82) is 0 Å². The van der Waals surface area contributed by atoms with Crippen molar-refractivity contribution < 1.29 is 17.5 Å². The molecule has 0 heterocycles. The first-order chi connectivity index (χ1) is 10.4. The van der Waals surface area contributed by atoms with Crippen LogP contribution in [0.2, 0.25) is 0 Å². The van der Waals surface area contributed by atoms with E-state index in [0.29, 0.717) is 0 Å². The summed E-state index contributed by atoms with van der Waals surface area (Å²) in [6, 6.07) is 11.5. The molecule has 0 N–H and O–H groups in total. The van der Waals surface area contributed by atoms with Crippen LogP contribution < -0.4 is 4.18 Å². The van der Waals surface area contributed by atoms with Crippen LogP contribution in [-0.2, 0) is 16.5 Å². The van der Waals surface area contributed by atoms with Gasteiger partial charge in [0.1, 0.15) is 10.6 Å². The number of nitro benzene ring substituents is 1. The highest BCUT2D eigenvalue weighted by Crippen LogP contribution is 2.23. The molecule has 0 aromatic heterocycles. The van der Waals surface area contributed by atoms with Crippen LogP contribution >= 0.6 is 0 Å². The monoisotopic (exact) mass is 321 g/mol. The first kappa shape index (κ1) is 16.0. The second-order valence-corrected chi connectivity index (χ2v) is 6.23. The molecule has 0 radical (unpaired) electrons. The fraction of sp³-hybridized carbons (Fsp3) is 0.200. The molecule has 0 fully saturated rings. The lowest BCUT2D eigenvalue weighted by atomic mass is 10.1. The molecule has 0 saturated carbocycles. The predicted octanol–water partition coefficient (Wildman–Crippen LogP) is 3.32. The molecule has 2 aromatic rings. The molecule has 6 nitrogen and oxygen atoms in total. The maximum Gasteiger partial charge on any atom is 0.339 e. The van der Waals surface area contributed by atoms with E-state index in [-0.39, 0.29) is 16.3 Å². The van der Waals surface area contributed by atoms with Crippen LogP contribution in [0.3, 0.4) is 0 Å². The SMILES string of the molecule is CCCc1ccc(S(=O)(=O)Oc2cccc([N+](=O)[O-])c2)cc1. The third-order valence-corrected chi connectivity index (χ3v) is 4.25. The summed E-state index contributed by atoms with van der Waals surface area (Å²) in [6.07, 6.45) is 1.84. The highest BCUT2D eigenvalue weighted by atomic mass is 32.2. The summed E-state index contributed by atoms with van der Waals surface area (Å²) in [6.45, 7) is 2.04. The van der Waals surface area contributed by atoms with Gasteiger partial charge in [-0.2, -0.15) is 8.42 Å². The standard InChI is InChI=1S/C15H15NO5S/c1-2-4-12-7-9-15(10-8-12)22(19,20)21-14-6-3-5-13(11-14)16(17)18/h3,5-11H,2,4H2,1H3. The zero-order valence-corrected chi connectivity index (χ0v) is 12.7. The largest absolute Gasteiger partial charge is 0.379 e. The minimum absolute atomic E-state index is 0.0128. The van der Waals surface area contributed by atoms with E-state index in [1.807, 2.05) is 6.92 Å². The van der Waals surface area contributed by atoms with Crippen molar-refractivity contribution >= 4 is 15.8 Å². The topological polar surface area (TPSA) is 86.5 Å². The van der Waals surface area contributed by atoms with E-state index in [4.69, 9.17) is 4.18 Å². The van der Waals surface area contributed by atoms with Gasteiger partial charge < -0.3 is 4.18 Å². The van der Waals surface area contributed by atoms with Crippen molar-refractivity contribution in [3.63, 3.8) is 0 Å². The fourth-order valence-electron chi connectivity index (χ4n) is 1.94. The van der Waals surface area contributed by atoms with E-state index in [1.54, 1.807) is 12.1 Å². The molecular weight excluding hydrogens is 306 g/mol. The number of rotatable bonds is 6. The van der Waals surface area contributed by atoms with Gasteiger partial charge in [0.15, 0.2) is 0 Å². The van der Waals surface area contributed by atoms with E-state index in [0.717, 1.165) is 24.5 Å². The van der Waals surface area contributed by atoms with Gasteiger partial charge >= 0.3 is 10.1 Å². The molecule has 7 heteroatoms. The average molecular weight is 321 g/mol. The Balaban J connectivity index is 2.23. The summed E-state index contributed by atoms with van der Waals surface area (Å²) in [5.41, 5.74) is 0.808. The molecule has 2 rings (SSSR count). The number of hydrogen-bond acceptors (Lipinski definition) is 5. The molecule has 2 aromatic carbocycles. The molecule has 0 saturated heterocycles. The van der Waals surface area contributed by atoms with Crippen molar-refractivity contribution in [3.8, 4) is 5.75 Å². The van der Waals surface area contributed by atoms with E-state index in [1.165, 1.54) is 30.3 Å². The second-order valence-electron chi connectivity index (χ2n) is 4.69. The van der Waals surface area contributed by atoms with E-state index < -0.39 is 15.0 Å². The van der Waals surface area contributed by atoms with Crippen LogP contribution in [-0.4, -0.2) is 13.3 Å². The quantitative estimate of drug-likeness (QED) is 0.463. The number of hydrogen-bond donors (Lipinski definition) is 0. The van der Waals surface area contributed by atoms with Crippen LogP contribution in [0, 0.1) is 10.1 Å². The molecule has 0 atom stereocenters. The zero-order valence-electron chi connectivity index (χ0n) is 11.9. The average Bonchev–Trinajstić information content (AvgIpc) is 2.48. The minimum atomic E-state index is -4.01. The lowest BCUT2D eigenvalue weighted by molar-refractivity contribution is -0.384. The Labute approximate surface area is 128 Å². The molecule has 0 amide bonds. The number of nitrogens with zero attached hydrogens (tertiary/aromatic N) is 1. The molecule has 0 unspecified atom stereocenters. The summed E-state index contributed by atoms with van der Waals surface area (Å²) in [7, 11) is -4.01. The van der Waals surface area contributed by atoms with Gasteiger partial charge in [0.2, 0.25) is 0 Å². The lowest BCUT2D eigenvalue weighted by Gasteiger charge is -2.07. The Hall–Kier alpha value is -2.41. The fourth-order valence-corrected chi connectivity index (χ4v) is 2.86. The summed E-state index contributed by atoms with van der Waals surface area (Å²) < 4.78 is 29.3. The van der Waals surface area contributed by atoms with Gasteiger partial charge in [0.05, 0.1) is 11.0 Å². The number of aryl methyl sites for hydroxylation is 1. The first-order valence-corrected chi connectivity index (χ1v) is 8.11. The predicted molar refractivity (Wildman–Crippen MR) is 81.3 cm³/mol. The normalized spacial score (nSPS) is 11.1. The number of benzene rings is 2. The van der Waals surface area contributed by atoms with Crippen LogP contribution in [0.15, 0.2) is 53.4 Å². The van der Waals surface area contributed by atoms with Crippen molar-refractivity contribution in [2.45, 2.75) is 24.7 Å². The van der Waals surface area contributed by atoms with Crippen LogP contribution in [0.1, 0.15) is 18.9 Å². The van der Waals surface area contributed by atoms with Gasteiger partial charge in [-0.1, -0.05) is 31.5 Å². The molecule has 0 aliphatic heterocycles. The summed E-state index contributed by atoms with van der Waals surface area (Å²) in [4.78, 5) is 10.1. The lowest BCUT2D eigenvalue weighted by Crippen LogP contribution is -2.09. The number of nitro groups is 1. The van der Waals surface area contributed by atoms with Crippen LogP contribution in [0.4, 0.5) is 5.69 Å². The van der Waals surface area contributed by atoms with E-state index >= 15 is 0 Å². The first-order valence-electron chi connectivity index (χ1n) is 6.70. The van der Waals surface area contributed by atoms with Crippen molar-refractivity contribution in [1.82, 2.24) is 0 Å². The minimum Gasteiger partial charge on any atom is -0.379 e. The number of non-ortho nitro benzene ring substituents is 1. The zero-order chi connectivity index (χ0) is 16.2. The van der Waals surface area contributed by atoms with Crippen molar-refractivity contribution in [2.24, 2.45) is 0 Å². The Morgan fingerprint density at radius 3 is 2.41 bits per heavy atom. The van der Waals surface area contributed by atoms with Gasteiger partial charge in [-0.25, -0.2) is 0 Å². The third kappa shape index (κ3) is 3.82. The summed E-state index contributed by atoms with van der Waals surface area (Å²) in [5.74, 6) is -0.0909. The van der Waals surface area contributed by atoms with Gasteiger partial charge in [-0.15, -0.1) is 0 Å². The molecule has 22 heavy (non-hydrogen) atoms. The Kier molecular flexibility index (Phi) is 4.77.